The monoisotopic (exact) mass is 395 g/mol. The first-order valence-electron chi connectivity index (χ1n) is 8.30. The summed E-state index contributed by atoms with van der Waals surface area (Å²) in [7, 11) is -3.68. The third-order valence-electron chi connectivity index (χ3n) is 3.94. The molecule has 2 aromatic carbocycles. The summed E-state index contributed by atoms with van der Waals surface area (Å²) in [5.74, 6) is -0.344. The average Bonchev–Trinajstić information content (AvgIpc) is 2.60. The van der Waals surface area contributed by atoms with E-state index in [9.17, 15) is 13.2 Å². The van der Waals surface area contributed by atoms with Crippen LogP contribution >= 0.6 is 11.6 Å². The van der Waals surface area contributed by atoms with Crippen LogP contribution in [-0.4, -0.2) is 20.1 Å². The van der Waals surface area contributed by atoms with Crippen molar-refractivity contribution in [1.82, 2.24) is 0 Å². The molecule has 2 rings (SSSR count). The highest BCUT2D eigenvalue weighted by molar-refractivity contribution is 7.93. The maximum absolute atomic E-state index is 12.9. The molecular formula is C19H22ClNO4S. The predicted molar refractivity (Wildman–Crippen MR) is 105 cm³/mol. The molecule has 0 radical (unpaired) electrons. The van der Waals surface area contributed by atoms with Gasteiger partial charge in [-0.1, -0.05) is 30.7 Å². The fourth-order valence-electron chi connectivity index (χ4n) is 2.45. The highest BCUT2D eigenvalue weighted by atomic mass is 35.5. The molecule has 2 aromatic rings. The van der Waals surface area contributed by atoms with E-state index in [2.05, 4.69) is 0 Å². The van der Waals surface area contributed by atoms with Crippen LogP contribution in [0.1, 0.15) is 31.4 Å². The number of carbonyl (C=O) groups is 1. The molecule has 0 aliphatic carbocycles. The first-order chi connectivity index (χ1) is 12.2. The molecule has 0 heterocycles. The van der Waals surface area contributed by atoms with Gasteiger partial charge in [0.15, 0.2) is 5.75 Å². The number of hydrogen-bond donors (Lipinski definition) is 0. The van der Waals surface area contributed by atoms with E-state index in [-0.39, 0.29) is 17.9 Å². The molecule has 0 unspecified atom stereocenters. The number of carbonyl (C=O) groups excluding carboxylic acids is 1. The van der Waals surface area contributed by atoms with Crippen molar-refractivity contribution in [2.75, 3.05) is 10.1 Å². The lowest BCUT2D eigenvalue weighted by molar-refractivity contribution is -0.133. The number of ether oxygens (including phenoxy) is 1. The number of aryl methyl sites for hydroxylation is 2. The van der Waals surface area contributed by atoms with Gasteiger partial charge < -0.3 is 4.74 Å². The molecule has 0 spiro atoms. The second-order valence-electron chi connectivity index (χ2n) is 5.85. The van der Waals surface area contributed by atoms with Crippen molar-refractivity contribution in [3.63, 3.8) is 0 Å². The standard InChI is InChI=1S/C19H22ClNO4S/c1-5-19(22)25-18-10-8-7-9-16(18)21(26(23,24)6-2)17-12-13(3)15(20)11-14(17)4/h7-12H,5-6H2,1-4H3. The predicted octanol–water partition coefficient (Wildman–Crippen LogP) is 4.76. The molecule has 0 N–H and O–H groups in total. The van der Waals surface area contributed by atoms with Crippen molar-refractivity contribution in [3.05, 3.63) is 52.5 Å². The molecule has 140 valence electrons. The minimum Gasteiger partial charge on any atom is -0.424 e. The first-order valence-corrected chi connectivity index (χ1v) is 10.3. The van der Waals surface area contributed by atoms with Crippen LogP contribution in [0, 0.1) is 13.8 Å². The van der Waals surface area contributed by atoms with E-state index in [1.165, 1.54) is 4.31 Å². The minimum absolute atomic E-state index is 0.107. The van der Waals surface area contributed by atoms with E-state index in [0.717, 1.165) is 5.56 Å². The van der Waals surface area contributed by atoms with Gasteiger partial charge in [0.2, 0.25) is 10.0 Å². The van der Waals surface area contributed by atoms with Gasteiger partial charge in [0.05, 0.1) is 17.1 Å². The van der Waals surface area contributed by atoms with Crippen molar-refractivity contribution in [2.45, 2.75) is 34.1 Å². The smallest absolute Gasteiger partial charge is 0.310 e. The molecule has 0 bridgehead atoms. The summed E-state index contributed by atoms with van der Waals surface area (Å²) < 4.78 is 32.4. The van der Waals surface area contributed by atoms with Crippen LogP contribution < -0.4 is 9.04 Å². The summed E-state index contributed by atoms with van der Waals surface area (Å²) in [5, 5.41) is 0.561. The molecule has 0 amide bonds. The number of esters is 1. The average molecular weight is 396 g/mol. The third kappa shape index (κ3) is 4.19. The maximum atomic E-state index is 12.9. The molecule has 0 saturated carbocycles. The van der Waals surface area contributed by atoms with Gasteiger partial charge in [-0.2, -0.15) is 0 Å². The van der Waals surface area contributed by atoms with Crippen molar-refractivity contribution >= 4 is 39.0 Å². The van der Waals surface area contributed by atoms with Crippen molar-refractivity contribution in [3.8, 4) is 5.75 Å². The zero-order valence-electron chi connectivity index (χ0n) is 15.2. The summed E-state index contributed by atoms with van der Waals surface area (Å²) in [6.07, 6.45) is 0.188. The molecule has 0 aliphatic heterocycles. The number of nitrogens with zero attached hydrogens (tertiary/aromatic N) is 1. The fourth-order valence-corrected chi connectivity index (χ4v) is 3.87. The Morgan fingerprint density at radius 1 is 1.08 bits per heavy atom. The van der Waals surface area contributed by atoms with E-state index >= 15 is 0 Å². The summed E-state index contributed by atoms with van der Waals surface area (Å²) in [4.78, 5) is 11.8. The largest absolute Gasteiger partial charge is 0.424 e. The number of rotatable bonds is 6. The Morgan fingerprint density at radius 2 is 1.73 bits per heavy atom. The minimum atomic E-state index is -3.68. The number of hydrogen-bond acceptors (Lipinski definition) is 4. The molecule has 0 atom stereocenters. The highest BCUT2D eigenvalue weighted by Gasteiger charge is 2.28. The summed E-state index contributed by atoms with van der Waals surface area (Å²) in [6, 6.07) is 10.1. The fraction of sp³-hybridized carbons (Fsp3) is 0.316. The second-order valence-corrected chi connectivity index (χ2v) is 8.36. The van der Waals surface area contributed by atoms with Gasteiger partial charge in [0.1, 0.15) is 0 Å². The number of sulfonamides is 1. The van der Waals surface area contributed by atoms with Crippen LogP contribution in [0.4, 0.5) is 11.4 Å². The first kappa shape index (κ1) is 20.3. The molecule has 0 aliphatic rings. The van der Waals surface area contributed by atoms with Crippen molar-refractivity contribution in [1.29, 1.82) is 0 Å². The topological polar surface area (TPSA) is 63.7 Å². The Morgan fingerprint density at radius 3 is 2.35 bits per heavy atom. The number of halogens is 1. The van der Waals surface area contributed by atoms with Crippen molar-refractivity contribution in [2.24, 2.45) is 0 Å². The van der Waals surface area contributed by atoms with Crippen LogP contribution in [0.25, 0.3) is 0 Å². The lowest BCUT2D eigenvalue weighted by atomic mass is 10.1. The Labute approximate surface area is 159 Å². The lowest BCUT2D eigenvalue weighted by Crippen LogP contribution is -2.29. The number of anilines is 2. The van der Waals surface area contributed by atoms with E-state index in [1.54, 1.807) is 57.2 Å². The van der Waals surface area contributed by atoms with Crippen molar-refractivity contribution < 1.29 is 17.9 Å². The van der Waals surface area contributed by atoms with E-state index in [4.69, 9.17) is 16.3 Å². The second kappa shape index (κ2) is 8.10. The van der Waals surface area contributed by atoms with Gasteiger partial charge in [-0.15, -0.1) is 0 Å². The Hall–Kier alpha value is -2.05. The Bertz CT molecular complexity index is 925. The zero-order valence-corrected chi connectivity index (χ0v) is 16.8. The van der Waals surface area contributed by atoms with Crippen LogP contribution in [0.15, 0.2) is 36.4 Å². The van der Waals surface area contributed by atoms with Gasteiger partial charge in [0.25, 0.3) is 0 Å². The van der Waals surface area contributed by atoms with Gasteiger partial charge in [-0.25, -0.2) is 12.7 Å². The van der Waals surface area contributed by atoms with E-state index < -0.39 is 16.0 Å². The highest BCUT2D eigenvalue weighted by Crippen LogP contribution is 2.39. The van der Waals surface area contributed by atoms with E-state index in [0.29, 0.717) is 22.0 Å². The summed E-state index contributed by atoms with van der Waals surface area (Å²) in [5.41, 5.74) is 2.23. The normalized spacial score (nSPS) is 11.3. The van der Waals surface area contributed by atoms with Crippen LogP contribution in [0.2, 0.25) is 5.02 Å². The third-order valence-corrected chi connectivity index (χ3v) is 6.02. The molecule has 26 heavy (non-hydrogen) atoms. The molecule has 5 nitrogen and oxygen atoms in total. The summed E-state index contributed by atoms with van der Waals surface area (Å²) in [6.45, 7) is 6.85. The number of para-hydroxylation sites is 2. The molecule has 0 aromatic heterocycles. The quantitative estimate of drug-likeness (QED) is 0.522. The Kier molecular flexibility index (Phi) is 6.31. The van der Waals surface area contributed by atoms with E-state index in [1.807, 2.05) is 6.92 Å². The van der Waals surface area contributed by atoms with Crippen LogP contribution in [0.3, 0.4) is 0 Å². The molecule has 0 fully saturated rings. The van der Waals surface area contributed by atoms with Crippen LogP contribution in [0.5, 0.6) is 5.75 Å². The molecule has 7 heteroatoms. The lowest BCUT2D eigenvalue weighted by Gasteiger charge is -2.27. The molecule has 0 saturated heterocycles. The SMILES string of the molecule is CCC(=O)Oc1ccccc1N(c1cc(C)c(Cl)cc1C)S(=O)(=O)CC. The van der Waals surface area contributed by atoms with Crippen LogP contribution in [-0.2, 0) is 14.8 Å². The van der Waals surface area contributed by atoms with Gasteiger partial charge in [0, 0.05) is 11.4 Å². The zero-order chi connectivity index (χ0) is 19.5. The summed E-state index contributed by atoms with van der Waals surface area (Å²) >= 11 is 6.17. The van der Waals surface area contributed by atoms with Gasteiger partial charge in [-0.05, 0) is 56.2 Å². The number of benzene rings is 2. The van der Waals surface area contributed by atoms with Gasteiger partial charge >= 0.3 is 5.97 Å². The Balaban J connectivity index is 2.74. The molecular weight excluding hydrogens is 374 g/mol. The van der Waals surface area contributed by atoms with Gasteiger partial charge in [-0.3, -0.25) is 4.79 Å². The maximum Gasteiger partial charge on any atom is 0.310 e.